The van der Waals surface area contributed by atoms with Gasteiger partial charge >= 0.3 is 5.97 Å². The number of nitrogens with one attached hydrogen (secondary N) is 2. The van der Waals surface area contributed by atoms with E-state index in [0.29, 0.717) is 22.7 Å². The number of nitrogens with zero attached hydrogens (tertiary/aromatic N) is 6. The van der Waals surface area contributed by atoms with E-state index in [9.17, 15) is 21.6 Å². The molecule has 0 bridgehead atoms. The maximum absolute atomic E-state index is 13.1. The molecule has 14 nitrogen and oxygen atoms in total. The van der Waals surface area contributed by atoms with E-state index < -0.39 is 32.1 Å². The first-order valence-corrected chi connectivity index (χ1v) is 18.4. The van der Waals surface area contributed by atoms with Gasteiger partial charge in [0.2, 0.25) is 20.0 Å². The molecule has 264 valence electrons. The van der Waals surface area contributed by atoms with Crippen molar-refractivity contribution in [2.45, 2.75) is 28.7 Å². The van der Waals surface area contributed by atoms with Crippen molar-refractivity contribution < 1.29 is 26.4 Å². The van der Waals surface area contributed by atoms with E-state index >= 15 is 0 Å². The average Bonchev–Trinajstić information content (AvgIpc) is 3.11. The van der Waals surface area contributed by atoms with Crippen molar-refractivity contribution >= 4 is 60.1 Å². The van der Waals surface area contributed by atoms with Gasteiger partial charge in [0.1, 0.15) is 6.04 Å². The number of carbonyl (C=O) groups is 1. The highest BCUT2D eigenvalue weighted by Crippen LogP contribution is 2.24. The number of hydrogen-bond donors (Lipinski definition) is 2. The van der Waals surface area contributed by atoms with Crippen molar-refractivity contribution in [3.05, 3.63) is 97.1 Å². The molecular weight excluding hydrogens is 681 g/mol. The quantitative estimate of drug-likeness (QED) is 0.0778. The second-order valence-corrected chi connectivity index (χ2v) is 14.9. The third-order valence-electron chi connectivity index (χ3n) is 7.33. The first-order chi connectivity index (χ1) is 23.8. The molecule has 0 aliphatic rings. The van der Waals surface area contributed by atoms with Gasteiger partial charge in [-0.1, -0.05) is 0 Å². The molecule has 0 saturated carbocycles. The van der Waals surface area contributed by atoms with Gasteiger partial charge in [0, 0.05) is 46.1 Å². The van der Waals surface area contributed by atoms with Gasteiger partial charge in [0.25, 0.3) is 0 Å². The molecule has 0 heterocycles. The van der Waals surface area contributed by atoms with E-state index in [0.717, 1.165) is 18.5 Å². The SMILES string of the molecule is COC(=O)[C@H](CCCNS(=O)(=O)c1ccc(N=Nc2ccc(N(C)C)cc2)cc1)NS(=O)(=O)c1ccc(N=Nc2ccc(N(C)C)cc2)cc1. The summed E-state index contributed by atoms with van der Waals surface area (Å²) in [5.74, 6) is -0.805. The molecular formula is C34H40N8O6S2. The van der Waals surface area contributed by atoms with Gasteiger partial charge in [0.15, 0.2) is 0 Å². The number of hydrogen-bond acceptors (Lipinski definition) is 12. The van der Waals surface area contributed by atoms with Crippen LogP contribution in [0, 0.1) is 0 Å². The Morgan fingerprint density at radius 3 is 1.34 bits per heavy atom. The van der Waals surface area contributed by atoms with Crippen LogP contribution in [0.5, 0.6) is 0 Å². The normalized spacial score (nSPS) is 12.7. The van der Waals surface area contributed by atoms with Gasteiger partial charge in [-0.15, -0.1) is 0 Å². The zero-order chi connectivity index (χ0) is 36.3. The standard InChI is InChI=1S/C34H40N8O6S2/c1-41(2)29-16-8-25(9-17-29)36-38-27-12-20-31(21-13-27)49(44,45)35-24-6-7-33(34(43)48-5)40-50(46,47)32-22-14-28(15-23-32)39-37-26-10-18-30(19-11-26)42(3)4/h8-23,33,35,40H,6-7,24H2,1-5H3/t33-/m0/s1. The lowest BCUT2D eigenvalue weighted by atomic mass is 10.2. The number of methoxy groups -OCH3 is 1. The van der Waals surface area contributed by atoms with Crippen molar-refractivity contribution in [2.75, 3.05) is 51.6 Å². The van der Waals surface area contributed by atoms with E-state index in [4.69, 9.17) is 4.74 Å². The number of azo groups is 2. The van der Waals surface area contributed by atoms with Crippen LogP contribution in [-0.4, -0.2) is 70.7 Å². The molecule has 0 radical (unpaired) electrons. The Hall–Kier alpha value is -5.03. The molecule has 0 fully saturated rings. The van der Waals surface area contributed by atoms with Crippen LogP contribution in [0.2, 0.25) is 0 Å². The number of anilines is 2. The predicted molar refractivity (Wildman–Crippen MR) is 193 cm³/mol. The molecule has 0 aliphatic heterocycles. The molecule has 4 rings (SSSR count). The van der Waals surface area contributed by atoms with Crippen LogP contribution in [0.3, 0.4) is 0 Å². The third-order valence-corrected chi connectivity index (χ3v) is 10.3. The molecule has 0 amide bonds. The highest BCUT2D eigenvalue weighted by atomic mass is 32.2. The molecule has 50 heavy (non-hydrogen) atoms. The summed E-state index contributed by atoms with van der Waals surface area (Å²) in [4.78, 5) is 16.3. The van der Waals surface area contributed by atoms with Crippen molar-refractivity contribution in [1.82, 2.24) is 9.44 Å². The minimum absolute atomic E-state index is 0.0159. The number of carbonyl (C=O) groups excluding carboxylic acids is 1. The van der Waals surface area contributed by atoms with Crippen molar-refractivity contribution in [3.8, 4) is 0 Å². The molecule has 2 N–H and O–H groups in total. The van der Waals surface area contributed by atoms with Gasteiger partial charge in [-0.25, -0.2) is 21.6 Å². The predicted octanol–water partition coefficient (Wildman–Crippen LogP) is 6.23. The zero-order valence-corrected chi connectivity index (χ0v) is 30.0. The summed E-state index contributed by atoms with van der Waals surface area (Å²) in [6.45, 7) is -0.0560. The summed E-state index contributed by atoms with van der Waals surface area (Å²) in [5, 5.41) is 16.7. The fraction of sp³-hybridized carbons (Fsp3) is 0.265. The van der Waals surface area contributed by atoms with Crippen LogP contribution in [0.1, 0.15) is 12.8 Å². The molecule has 0 saturated heterocycles. The molecule has 4 aromatic carbocycles. The molecule has 16 heteroatoms. The Labute approximate surface area is 293 Å². The Morgan fingerprint density at radius 1 is 0.620 bits per heavy atom. The minimum Gasteiger partial charge on any atom is -0.468 e. The van der Waals surface area contributed by atoms with Gasteiger partial charge in [-0.2, -0.15) is 25.2 Å². The molecule has 0 aromatic heterocycles. The molecule has 0 unspecified atom stereocenters. The van der Waals surface area contributed by atoms with E-state index in [2.05, 4.69) is 29.9 Å². The Bertz CT molecular complexity index is 2000. The Kier molecular flexibility index (Phi) is 12.9. The Morgan fingerprint density at radius 2 is 0.980 bits per heavy atom. The number of rotatable bonds is 16. The highest BCUT2D eigenvalue weighted by molar-refractivity contribution is 7.89. The van der Waals surface area contributed by atoms with Crippen LogP contribution < -0.4 is 19.2 Å². The number of ether oxygens (including phenoxy) is 1. The van der Waals surface area contributed by atoms with E-state index in [-0.39, 0.29) is 29.2 Å². The van der Waals surface area contributed by atoms with Crippen LogP contribution in [0.4, 0.5) is 34.1 Å². The first kappa shape index (κ1) is 37.8. The smallest absolute Gasteiger partial charge is 0.323 e. The number of sulfonamides is 2. The van der Waals surface area contributed by atoms with Crippen molar-refractivity contribution in [1.29, 1.82) is 0 Å². The summed E-state index contributed by atoms with van der Waals surface area (Å²) in [6, 6.07) is 25.3. The summed E-state index contributed by atoms with van der Waals surface area (Å²) in [7, 11) is 0.863. The summed E-state index contributed by atoms with van der Waals surface area (Å²) in [5.41, 5.74) is 4.23. The largest absolute Gasteiger partial charge is 0.468 e. The van der Waals surface area contributed by atoms with Crippen LogP contribution in [0.25, 0.3) is 0 Å². The summed E-state index contributed by atoms with van der Waals surface area (Å²) >= 11 is 0. The second kappa shape index (κ2) is 17.1. The van der Waals surface area contributed by atoms with Crippen LogP contribution in [-0.2, 0) is 29.6 Å². The first-order valence-electron chi connectivity index (χ1n) is 15.5. The lowest BCUT2D eigenvalue weighted by Gasteiger charge is -2.17. The van der Waals surface area contributed by atoms with Crippen LogP contribution >= 0.6 is 0 Å². The lowest BCUT2D eigenvalue weighted by molar-refractivity contribution is -0.142. The Balaban J connectivity index is 1.30. The van der Waals surface area contributed by atoms with Gasteiger partial charge in [-0.05, 0) is 110 Å². The minimum atomic E-state index is -4.14. The monoisotopic (exact) mass is 720 g/mol. The van der Waals surface area contributed by atoms with Crippen molar-refractivity contribution in [2.24, 2.45) is 20.5 Å². The lowest BCUT2D eigenvalue weighted by Crippen LogP contribution is -2.42. The molecule has 0 spiro atoms. The zero-order valence-electron chi connectivity index (χ0n) is 28.4. The van der Waals surface area contributed by atoms with E-state index in [1.165, 1.54) is 48.5 Å². The maximum Gasteiger partial charge on any atom is 0.323 e. The van der Waals surface area contributed by atoms with Crippen molar-refractivity contribution in [3.63, 3.8) is 0 Å². The molecule has 1 atom stereocenters. The number of benzene rings is 4. The summed E-state index contributed by atoms with van der Waals surface area (Å²) < 4.78 is 61.6. The highest BCUT2D eigenvalue weighted by Gasteiger charge is 2.26. The van der Waals surface area contributed by atoms with Gasteiger partial charge < -0.3 is 14.5 Å². The second-order valence-electron chi connectivity index (χ2n) is 11.4. The molecule has 4 aromatic rings. The van der Waals surface area contributed by atoms with Gasteiger partial charge in [0.05, 0.1) is 39.7 Å². The fourth-order valence-electron chi connectivity index (χ4n) is 4.47. The average molecular weight is 721 g/mol. The van der Waals surface area contributed by atoms with E-state index in [1.54, 1.807) is 0 Å². The van der Waals surface area contributed by atoms with Gasteiger partial charge in [-0.3, -0.25) is 4.79 Å². The van der Waals surface area contributed by atoms with E-state index in [1.807, 2.05) is 86.5 Å². The maximum atomic E-state index is 13.1. The molecule has 0 aliphatic carbocycles. The topological polar surface area (TPSA) is 175 Å². The van der Waals surface area contributed by atoms with Crippen LogP contribution in [0.15, 0.2) is 127 Å². The summed E-state index contributed by atoms with van der Waals surface area (Å²) in [6.07, 6.45) is 0.109. The third kappa shape index (κ3) is 10.7. The fourth-order valence-corrected chi connectivity index (χ4v) is 6.76. The number of esters is 1.